The molecule has 1 aliphatic heterocycles. The summed E-state index contributed by atoms with van der Waals surface area (Å²) < 4.78 is 11.7. The first kappa shape index (κ1) is 10.7. The van der Waals surface area contributed by atoms with Crippen molar-refractivity contribution in [1.29, 1.82) is 0 Å². The molecule has 2 aromatic rings. The Morgan fingerprint density at radius 1 is 1.24 bits per heavy atom. The summed E-state index contributed by atoms with van der Waals surface area (Å²) in [6, 6.07) is 8.07. The van der Waals surface area contributed by atoms with Gasteiger partial charge < -0.3 is 14.5 Å². The van der Waals surface area contributed by atoms with Gasteiger partial charge in [0.15, 0.2) is 0 Å². The highest BCUT2D eigenvalue weighted by atomic mass is 16.6. The number of rotatable bonds is 2. The molecule has 3 rings (SSSR count). The van der Waals surface area contributed by atoms with Gasteiger partial charge in [-0.3, -0.25) is 0 Å². The molecular weight excluding hydrogens is 214 g/mol. The van der Waals surface area contributed by atoms with E-state index in [1.807, 2.05) is 18.2 Å². The fourth-order valence-corrected chi connectivity index (χ4v) is 2.33. The van der Waals surface area contributed by atoms with Crippen LogP contribution in [0.15, 0.2) is 28.7 Å². The molecule has 2 heterocycles. The van der Waals surface area contributed by atoms with E-state index in [-0.39, 0.29) is 6.10 Å². The lowest BCUT2D eigenvalue weighted by Crippen LogP contribution is -2.34. The molecule has 1 fully saturated rings. The quantitative estimate of drug-likeness (QED) is 0.863. The normalized spacial score (nSPS) is 17.5. The zero-order chi connectivity index (χ0) is 11.7. The van der Waals surface area contributed by atoms with Crippen LogP contribution in [0.5, 0.6) is 5.95 Å². The smallest absolute Gasteiger partial charge is 0.288 e. The average molecular weight is 231 g/mol. The van der Waals surface area contributed by atoms with E-state index in [4.69, 9.17) is 9.15 Å². The third-order valence-corrected chi connectivity index (χ3v) is 3.36. The number of hydrogen-bond acceptors (Lipinski definition) is 3. The molecule has 0 unspecified atom stereocenters. The number of para-hydroxylation sites is 1. The number of nitrogens with one attached hydrogen (secondary N) is 1. The predicted octanol–water partition coefficient (Wildman–Crippen LogP) is 2.87. The van der Waals surface area contributed by atoms with Gasteiger partial charge >= 0.3 is 0 Å². The van der Waals surface area contributed by atoms with Gasteiger partial charge in [0.1, 0.15) is 11.7 Å². The molecule has 0 radical (unpaired) electrons. The second-order valence-electron chi connectivity index (χ2n) is 4.58. The molecule has 1 aromatic carbocycles. The Morgan fingerprint density at radius 2 is 2.00 bits per heavy atom. The zero-order valence-corrected chi connectivity index (χ0v) is 10.0. The first-order valence-corrected chi connectivity index (χ1v) is 6.20. The molecule has 1 N–H and O–H groups in total. The average Bonchev–Trinajstić information content (AvgIpc) is 2.68. The minimum atomic E-state index is 0.288. The highest BCUT2D eigenvalue weighted by molar-refractivity contribution is 5.82. The van der Waals surface area contributed by atoms with Crippen LogP contribution in [-0.2, 0) is 0 Å². The van der Waals surface area contributed by atoms with E-state index in [1.165, 1.54) is 0 Å². The second kappa shape index (κ2) is 4.41. The number of hydrogen-bond donors (Lipinski definition) is 1. The van der Waals surface area contributed by atoms with Gasteiger partial charge in [0.2, 0.25) is 0 Å². The number of furan rings is 1. The summed E-state index contributed by atoms with van der Waals surface area (Å²) in [5.41, 5.74) is 2.02. The fraction of sp³-hybridized carbons (Fsp3) is 0.429. The molecule has 3 heteroatoms. The Morgan fingerprint density at radius 3 is 2.76 bits per heavy atom. The Labute approximate surface area is 101 Å². The van der Waals surface area contributed by atoms with Crippen molar-refractivity contribution < 1.29 is 9.15 Å². The summed E-state index contributed by atoms with van der Waals surface area (Å²) in [4.78, 5) is 0. The van der Waals surface area contributed by atoms with Crippen molar-refractivity contribution in [2.75, 3.05) is 13.1 Å². The molecule has 3 nitrogen and oxygen atoms in total. The maximum atomic E-state index is 5.96. The molecule has 90 valence electrons. The lowest BCUT2D eigenvalue weighted by Gasteiger charge is -2.22. The Hall–Kier alpha value is -1.48. The van der Waals surface area contributed by atoms with E-state index < -0.39 is 0 Å². The van der Waals surface area contributed by atoms with Crippen LogP contribution in [0.25, 0.3) is 11.0 Å². The molecule has 0 amide bonds. The minimum Gasteiger partial charge on any atom is -0.462 e. The van der Waals surface area contributed by atoms with Gasteiger partial charge in [0, 0.05) is 10.9 Å². The lowest BCUT2D eigenvalue weighted by molar-refractivity contribution is 0.128. The second-order valence-corrected chi connectivity index (χ2v) is 4.58. The Balaban J connectivity index is 1.87. The van der Waals surface area contributed by atoms with Gasteiger partial charge in [-0.25, -0.2) is 0 Å². The Kier molecular flexibility index (Phi) is 2.77. The van der Waals surface area contributed by atoms with Gasteiger partial charge in [-0.05, 0) is 38.9 Å². The molecule has 17 heavy (non-hydrogen) atoms. The van der Waals surface area contributed by atoms with E-state index >= 15 is 0 Å². The number of fused-ring (bicyclic) bond motifs is 1. The summed E-state index contributed by atoms with van der Waals surface area (Å²) in [5.74, 6) is 0.693. The largest absolute Gasteiger partial charge is 0.462 e. The van der Waals surface area contributed by atoms with Crippen LogP contribution in [0.2, 0.25) is 0 Å². The van der Waals surface area contributed by atoms with Crippen molar-refractivity contribution >= 4 is 11.0 Å². The van der Waals surface area contributed by atoms with E-state index in [0.29, 0.717) is 5.95 Å². The third-order valence-electron chi connectivity index (χ3n) is 3.36. The predicted molar refractivity (Wildman–Crippen MR) is 67.5 cm³/mol. The van der Waals surface area contributed by atoms with Crippen molar-refractivity contribution in [3.63, 3.8) is 0 Å². The van der Waals surface area contributed by atoms with Crippen LogP contribution in [0, 0.1) is 6.92 Å². The highest BCUT2D eigenvalue weighted by Gasteiger charge is 2.18. The van der Waals surface area contributed by atoms with Crippen LogP contribution in [0.3, 0.4) is 0 Å². The van der Waals surface area contributed by atoms with Crippen LogP contribution in [-0.4, -0.2) is 19.2 Å². The maximum absolute atomic E-state index is 5.96. The first-order valence-electron chi connectivity index (χ1n) is 6.20. The first-order chi connectivity index (χ1) is 8.34. The molecular formula is C14H17NO2. The van der Waals surface area contributed by atoms with E-state index in [1.54, 1.807) is 0 Å². The van der Waals surface area contributed by atoms with Crippen LogP contribution >= 0.6 is 0 Å². The van der Waals surface area contributed by atoms with Crippen molar-refractivity contribution in [2.24, 2.45) is 0 Å². The van der Waals surface area contributed by atoms with Crippen LogP contribution in [0.4, 0.5) is 0 Å². The summed E-state index contributed by atoms with van der Waals surface area (Å²) in [7, 11) is 0. The highest BCUT2D eigenvalue weighted by Crippen LogP contribution is 2.32. The van der Waals surface area contributed by atoms with Gasteiger partial charge in [-0.15, -0.1) is 0 Å². The topological polar surface area (TPSA) is 34.4 Å². The summed E-state index contributed by atoms with van der Waals surface area (Å²) in [5, 5.41) is 4.48. The van der Waals surface area contributed by atoms with Crippen LogP contribution in [0.1, 0.15) is 18.4 Å². The lowest BCUT2D eigenvalue weighted by atomic mass is 10.1. The SMILES string of the molecule is Cc1c(OC2CCNCC2)oc2ccccc12. The maximum Gasteiger partial charge on any atom is 0.288 e. The molecule has 0 spiro atoms. The van der Waals surface area contributed by atoms with Gasteiger partial charge in [-0.1, -0.05) is 18.2 Å². The standard InChI is InChI=1S/C14H17NO2/c1-10-12-4-2-3-5-13(12)17-14(10)16-11-6-8-15-9-7-11/h2-5,11,15H,6-9H2,1H3. The molecule has 0 bridgehead atoms. The van der Waals surface area contributed by atoms with E-state index in [9.17, 15) is 0 Å². The molecule has 1 saturated heterocycles. The summed E-state index contributed by atoms with van der Waals surface area (Å²) in [6.45, 7) is 4.12. The van der Waals surface area contributed by atoms with Gasteiger partial charge in [0.25, 0.3) is 5.95 Å². The minimum absolute atomic E-state index is 0.288. The van der Waals surface area contributed by atoms with E-state index in [0.717, 1.165) is 42.5 Å². The Bertz CT molecular complexity index is 512. The summed E-state index contributed by atoms with van der Waals surface area (Å²) >= 11 is 0. The van der Waals surface area contributed by atoms with Crippen molar-refractivity contribution in [3.05, 3.63) is 29.8 Å². The monoisotopic (exact) mass is 231 g/mol. The van der Waals surface area contributed by atoms with Crippen molar-refractivity contribution in [1.82, 2.24) is 5.32 Å². The third kappa shape index (κ3) is 2.03. The molecule has 1 aromatic heterocycles. The molecule has 0 aliphatic carbocycles. The van der Waals surface area contributed by atoms with Crippen molar-refractivity contribution in [3.8, 4) is 5.95 Å². The molecule has 0 saturated carbocycles. The van der Waals surface area contributed by atoms with Crippen LogP contribution < -0.4 is 10.1 Å². The fourth-order valence-electron chi connectivity index (χ4n) is 2.33. The summed E-state index contributed by atoms with van der Waals surface area (Å²) in [6.07, 6.45) is 2.39. The number of aryl methyl sites for hydroxylation is 1. The van der Waals surface area contributed by atoms with Gasteiger partial charge in [-0.2, -0.15) is 0 Å². The number of piperidine rings is 1. The zero-order valence-electron chi connectivity index (χ0n) is 10.0. The number of benzene rings is 1. The molecule has 1 aliphatic rings. The molecule has 0 atom stereocenters. The van der Waals surface area contributed by atoms with Crippen molar-refractivity contribution in [2.45, 2.75) is 25.9 Å². The van der Waals surface area contributed by atoms with Gasteiger partial charge in [0.05, 0.1) is 0 Å². The van der Waals surface area contributed by atoms with E-state index in [2.05, 4.69) is 18.3 Å². The number of ether oxygens (including phenoxy) is 1.